The molecule has 1 rings (SSSR count). The lowest BCUT2D eigenvalue weighted by molar-refractivity contribution is -0.141. The number of unbranched alkanes of at least 4 members (excludes halogenated alkanes) is 1. The van der Waals surface area contributed by atoms with Crippen molar-refractivity contribution in [3.63, 3.8) is 0 Å². The number of carboxylic acids is 1. The van der Waals surface area contributed by atoms with Crippen LogP contribution < -0.4 is 10.2 Å². The van der Waals surface area contributed by atoms with Gasteiger partial charge in [-0.05, 0) is 20.3 Å². The van der Waals surface area contributed by atoms with E-state index in [1.54, 1.807) is 19.9 Å². The van der Waals surface area contributed by atoms with Crippen LogP contribution in [-0.2, 0) is 4.79 Å². The second-order valence-corrected chi connectivity index (χ2v) is 5.09. The molecule has 6 heteroatoms. The molecule has 0 saturated heterocycles. The molecule has 0 aliphatic heterocycles. The zero-order chi connectivity index (χ0) is 14.5. The molecule has 0 fully saturated rings. The molecule has 0 atom stereocenters. The van der Waals surface area contributed by atoms with Gasteiger partial charge in [-0.15, -0.1) is 0 Å². The van der Waals surface area contributed by atoms with Crippen LogP contribution in [0.4, 0.5) is 11.6 Å². The van der Waals surface area contributed by atoms with Crippen LogP contribution >= 0.6 is 0 Å². The molecule has 106 valence electrons. The number of aliphatic carboxylic acids is 1. The Morgan fingerprint density at radius 1 is 1.47 bits per heavy atom. The van der Waals surface area contributed by atoms with E-state index in [4.69, 9.17) is 5.11 Å². The zero-order valence-corrected chi connectivity index (χ0v) is 12.0. The summed E-state index contributed by atoms with van der Waals surface area (Å²) in [5.74, 6) is 0.375. The summed E-state index contributed by atoms with van der Waals surface area (Å²) >= 11 is 0. The quantitative estimate of drug-likeness (QED) is 0.785. The summed E-state index contributed by atoms with van der Waals surface area (Å²) in [7, 11) is 1.96. The van der Waals surface area contributed by atoms with Crippen molar-refractivity contribution >= 4 is 17.6 Å². The fourth-order valence-corrected chi connectivity index (χ4v) is 1.51. The van der Waals surface area contributed by atoms with E-state index in [1.807, 2.05) is 11.9 Å². The van der Waals surface area contributed by atoms with E-state index in [-0.39, 0.29) is 0 Å². The Hall–Kier alpha value is -1.85. The molecule has 2 N–H and O–H groups in total. The standard InChI is InChI=1S/C13H22N4O2/c1-5-6-7-17(4)11-8-10(14-9-15-11)16-13(2,3)12(18)19/h8-9H,5-7H2,1-4H3,(H,18,19)(H,14,15,16). The molecular formula is C13H22N4O2. The summed E-state index contributed by atoms with van der Waals surface area (Å²) in [6, 6.07) is 1.76. The summed E-state index contributed by atoms with van der Waals surface area (Å²) in [6.45, 7) is 6.24. The fourth-order valence-electron chi connectivity index (χ4n) is 1.51. The predicted octanol–water partition coefficient (Wildman–Crippen LogP) is 1.99. The Kier molecular flexibility index (Phi) is 5.09. The van der Waals surface area contributed by atoms with Crippen LogP contribution in [0.15, 0.2) is 12.4 Å². The Morgan fingerprint density at radius 2 is 2.16 bits per heavy atom. The van der Waals surface area contributed by atoms with Gasteiger partial charge in [0.15, 0.2) is 0 Å². The first-order chi connectivity index (χ1) is 8.86. The summed E-state index contributed by atoms with van der Waals surface area (Å²) in [4.78, 5) is 21.4. The summed E-state index contributed by atoms with van der Waals surface area (Å²) < 4.78 is 0. The molecule has 0 aliphatic rings. The molecule has 0 radical (unpaired) electrons. The molecule has 0 bridgehead atoms. The van der Waals surface area contributed by atoms with Gasteiger partial charge >= 0.3 is 5.97 Å². The van der Waals surface area contributed by atoms with E-state index < -0.39 is 11.5 Å². The van der Waals surface area contributed by atoms with Gasteiger partial charge in [-0.3, -0.25) is 0 Å². The summed E-state index contributed by atoms with van der Waals surface area (Å²) in [5, 5.41) is 12.0. The minimum absolute atomic E-state index is 0.515. The molecule has 0 amide bonds. The van der Waals surface area contributed by atoms with Crippen LogP contribution in [-0.4, -0.2) is 40.2 Å². The number of nitrogens with zero attached hydrogens (tertiary/aromatic N) is 3. The number of aromatic nitrogens is 2. The van der Waals surface area contributed by atoms with E-state index in [0.29, 0.717) is 5.82 Å². The number of carboxylic acid groups (broad SMARTS) is 1. The van der Waals surface area contributed by atoms with Gasteiger partial charge in [0, 0.05) is 19.7 Å². The van der Waals surface area contributed by atoms with Crippen molar-refractivity contribution in [3.05, 3.63) is 12.4 Å². The SMILES string of the molecule is CCCCN(C)c1cc(NC(C)(C)C(=O)O)ncn1. The van der Waals surface area contributed by atoms with E-state index in [9.17, 15) is 4.79 Å². The zero-order valence-electron chi connectivity index (χ0n) is 12.0. The van der Waals surface area contributed by atoms with E-state index in [1.165, 1.54) is 6.33 Å². The van der Waals surface area contributed by atoms with Crippen LogP contribution in [0.3, 0.4) is 0 Å². The largest absolute Gasteiger partial charge is 0.480 e. The second kappa shape index (κ2) is 6.36. The molecule has 1 aromatic rings. The molecule has 0 spiro atoms. The van der Waals surface area contributed by atoms with Crippen molar-refractivity contribution in [2.24, 2.45) is 0 Å². The van der Waals surface area contributed by atoms with Crippen LogP contribution in [0.2, 0.25) is 0 Å². The average molecular weight is 266 g/mol. The van der Waals surface area contributed by atoms with Gasteiger partial charge in [-0.25, -0.2) is 14.8 Å². The number of carbonyl (C=O) groups is 1. The molecule has 0 aliphatic carbocycles. The maximum atomic E-state index is 11.1. The third-order valence-corrected chi connectivity index (χ3v) is 2.87. The van der Waals surface area contributed by atoms with E-state index in [2.05, 4.69) is 22.2 Å². The van der Waals surface area contributed by atoms with Crippen molar-refractivity contribution in [1.29, 1.82) is 0 Å². The first kappa shape index (κ1) is 15.2. The molecular weight excluding hydrogens is 244 g/mol. The van der Waals surface area contributed by atoms with Crippen LogP contribution in [0.5, 0.6) is 0 Å². The lowest BCUT2D eigenvalue weighted by Gasteiger charge is -2.23. The molecule has 6 nitrogen and oxygen atoms in total. The van der Waals surface area contributed by atoms with Gasteiger partial charge in [0.05, 0.1) is 0 Å². The minimum Gasteiger partial charge on any atom is -0.480 e. The second-order valence-electron chi connectivity index (χ2n) is 5.09. The number of rotatable bonds is 7. The third-order valence-electron chi connectivity index (χ3n) is 2.87. The highest BCUT2D eigenvalue weighted by atomic mass is 16.4. The lowest BCUT2D eigenvalue weighted by Crippen LogP contribution is -2.40. The molecule has 0 unspecified atom stereocenters. The van der Waals surface area contributed by atoms with Crippen molar-refractivity contribution < 1.29 is 9.90 Å². The molecule has 1 heterocycles. The van der Waals surface area contributed by atoms with Crippen molar-refractivity contribution in [2.75, 3.05) is 23.8 Å². The Bertz CT molecular complexity index is 434. The predicted molar refractivity (Wildman–Crippen MR) is 75.5 cm³/mol. The van der Waals surface area contributed by atoms with Crippen LogP contribution in [0.25, 0.3) is 0 Å². The normalized spacial score (nSPS) is 11.2. The monoisotopic (exact) mass is 266 g/mol. The highest BCUT2D eigenvalue weighted by molar-refractivity contribution is 5.81. The Morgan fingerprint density at radius 3 is 2.74 bits per heavy atom. The van der Waals surface area contributed by atoms with Gasteiger partial charge in [0.25, 0.3) is 0 Å². The summed E-state index contributed by atoms with van der Waals surface area (Å²) in [5.41, 5.74) is -1.06. The highest BCUT2D eigenvalue weighted by Crippen LogP contribution is 2.17. The van der Waals surface area contributed by atoms with Crippen LogP contribution in [0, 0.1) is 0 Å². The van der Waals surface area contributed by atoms with Gasteiger partial charge < -0.3 is 15.3 Å². The van der Waals surface area contributed by atoms with Crippen LogP contribution in [0.1, 0.15) is 33.6 Å². The van der Waals surface area contributed by atoms with Crippen molar-refractivity contribution in [2.45, 2.75) is 39.2 Å². The average Bonchev–Trinajstić information content (AvgIpc) is 2.35. The van der Waals surface area contributed by atoms with E-state index in [0.717, 1.165) is 25.2 Å². The topological polar surface area (TPSA) is 78.4 Å². The summed E-state index contributed by atoms with van der Waals surface area (Å²) in [6.07, 6.45) is 3.65. The van der Waals surface area contributed by atoms with Gasteiger partial charge in [0.1, 0.15) is 23.5 Å². The molecule has 19 heavy (non-hydrogen) atoms. The first-order valence-corrected chi connectivity index (χ1v) is 6.41. The van der Waals surface area contributed by atoms with Gasteiger partial charge in [0.2, 0.25) is 0 Å². The highest BCUT2D eigenvalue weighted by Gasteiger charge is 2.27. The lowest BCUT2D eigenvalue weighted by atomic mass is 10.1. The maximum Gasteiger partial charge on any atom is 0.328 e. The van der Waals surface area contributed by atoms with Crippen molar-refractivity contribution in [1.82, 2.24) is 9.97 Å². The first-order valence-electron chi connectivity index (χ1n) is 6.41. The van der Waals surface area contributed by atoms with E-state index >= 15 is 0 Å². The number of nitrogens with one attached hydrogen (secondary N) is 1. The maximum absolute atomic E-state index is 11.1. The number of anilines is 2. The van der Waals surface area contributed by atoms with Gasteiger partial charge in [-0.1, -0.05) is 13.3 Å². The fraction of sp³-hybridized carbons (Fsp3) is 0.615. The minimum atomic E-state index is -1.06. The number of hydrogen-bond acceptors (Lipinski definition) is 5. The number of hydrogen-bond donors (Lipinski definition) is 2. The molecule has 0 aromatic carbocycles. The third kappa shape index (κ3) is 4.39. The van der Waals surface area contributed by atoms with Crippen molar-refractivity contribution in [3.8, 4) is 0 Å². The smallest absolute Gasteiger partial charge is 0.328 e. The molecule has 0 saturated carbocycles. The Balaban J connectivity index is 2.80. The Labute approximate surface area is 113 Å². The van der Waals surface area contributed by atoms with Gasteiger partial charge in [-0.2, -0.15) is 0 Å². The molecule has 1 aromatic heterocycles.